The van der Waals surface area contributed by atoms with Gasteiger partial charge in [0.05, 0.1) is 11.5 Å². The summed E-state index contributed by atoms with van der Waals surface area (Å²) in [5.74, 6) is 1.13. The first kappa shape index (κ1) is 20.2. The van der Waals surface area contributed by atoms with Crippen molar-refractivity contribution in [3.8, 4) is 5.75 Å². The lowest BCUT2D eigenvalue weighted by atomic mass is 10.0. The van der Waals surface area contributed by atoms with Gasteiger partial charge in [0.1, 0.15) is 5.75 Å². The predicted octanol–water partition coefficient (Wildman–Crippen LogP) is 2.56. The third-order valence-electron chi connectivity index (χ3n) is 3.79. The lowest BCUT2D eigenvalue weighted by Gasteiger charge is -2.30. The average Bonchev–Trinajstić information content (AvgIpc) is 2.48. The molecule has 1 aliphatic heterocycles. The topological polar surface area (TPSA) is 67.4 Å². The molecule has 1 aliphatic rings. The summed E-state index contributed by atoms with van der Waals surface area (Å²) in [7, 11) is -3.49. The molecular formula is C16H27ClN2O3S. The van der Waals surface area contributed by atoms with Gasteiger partial charge in [0.15, 0.2) is 0 Å². The zero-order valence-corrected chi connectivity index (χ0v) is 15.5. The van der Waals surface area contributed by atoms with Crippen molar-refractivity contribution in [1.29, 1.82) is 0 Å². The fourth-order valence-electron chi connectivity index (χ4n) is 2.45. The molecule has 0 aromatic heterocycles. The first-order chi connectivity index (χ1) is 10.4. The minimum absolute atomic E-state index is 0. The van der Waals surface area contributed by atoms with E-state index in [0.29, 0.717) is 18.3 Å². The van der Waals surface area contributed by atoms with Crippen LogP contribution in [0, 0.1) is 5.92 Å². The highest BCUT2D eigenvalue weighted by Crippen LogP contribution is 2.18. The molecule has 1 fully saturated rings. The Morgan fingerprint density at radius 1 is 1.30 bits per heavy atom. The van der Waals surface area contributed by atoms with E-state index in [0.717, 1.165) is 19.4 Å². The summed E-state index contributed by atoms with van der Waals surface area (Å²) in [5.41, 5.74) is 0. The average molecular weight is 363 g/mol. The molecule has 0 bridgehead atoms. The van der Waals surface area contributed by atoms with Gasteiger partial charge in [-0.25, -0.2) is 13.1 Å². The highest BCUT2D eigenvalue weighted by atomic mass is 35.5. The maximum atomic E-state index is 12.4. The van der Waals surface area contributed by atoms with Crippen molar-refractivity contribution in [3.05, 3.63) is 24.3 Å². The second-order valence-corrected chi connectivity index (χ2v) is 8.00. The highest BCUT2D eigenvalue weighted by Gasteiger charge is 2.26. The standard InChI is InChI=1S/C16H26N2O3S.ClH/c1-12(2)11-21-14-6-8-15(9-7-14)22(19,20)18-16-5-4-10-17-13(16)3;/h6-9,12-13,16-18H,4-5,10-11H2,1-3H3;1H. The van der Waals surface area contributed by atoms with Crippen LogP contribution in [0.1, 0.15) is 33.6 Å². The number of hydrogen-bond acceptors (Lipinski definition) is 4. The molecular weight excluding hydrogens is 336 g/mol. The number of benzene rings is 1. The maximum Gasteiger partial charge on any atom is 0.240 e. The molecule has 23 heavy (non-hydrogen) atoms. The number of nitrogens with one attached hydrogen (secondary N) is 2. The van der Waals surface area contributed by atoms with Crippen molar-refractivity contribution < 1.29 is 13.2 Å². The first-order valence-corrected chi connectivity index (χ1v) is 9.35. The SMILES string of the molecule is CC(C)COc1ccc(S(=O)(=O)NC2CCCNC2C)cc1.Cl. The van der Waals surface area contributed by atoms with Gasteiger partial charge in [-0.3, -0.25) is 0 Å². The quantitative estimate of drug-likeness (QED) is 0.816. The van der Waals surface area contributed by atoms with E-state index < -0.39 is 10.0 Å². The molecule has 1 aromatic carbocycles. The third-order valence-corrected chi connectivity index (χ3v) is 5.29. The molecule has 1 aromatic rings. The molecule has 5 nitrogen and oxygen atoms in total. The predicted molar refractivity (Wildman–Crippen MR) is 94.8 cm³/mol. The Morgan fingerprint density at radius 3 is 2.52 bits per heavy atom. The molecule has 7 heteroatoms. The lowest BCUT2D eigenvalue weighted by Crippen LogP contribution is -2.51. The van der Waals surface area contributed by atoms with Crippen molar-refractivity contribution in [2.45, 2.75) is 50.6 Å². The molecule has 2 atom stereocenters. The monoisotopic (exact) mass is 362 g/mol. The van der Waals surface area contributed by atoms with Crippen LogP contribution in [0.15, 0.2) is 29.2 Å². The molecule has 2 unspecified atom stereocenters. The van der Waals surface area contributed by atoms with E-state index in [1.807, 2.05) is 6.92 Å². The van der Waals surface area contributed by atoms with Gasteiger partial charge >= 0.3 is 0 Å². The van der Waals surface area contributed by atoms with Crippen LogP contribution < -0.4 is 14.8 Å². The molecule has 1 saturated heterocycles. The largest absolute Gasteiger partial charge is 0.493 e. The normalized spacial score (nSPS) is 21.7. The van der Waals surface area contributed by atoms with Crippen LogP contribution in [0.25, 0.3) is 0 Å². The molecule has 2 rings (SSSR count). The fourth-order valence-corrected chi connectivity index (χ4v) is 3.80. The minimum Gasteiger partial charge on any atom is -0.493 e. The van der Waals surface area contributed by atoms with Gasteiger partial charge in [0.25, 0.3) is 0 Å². The smallest absolute Gasteiger partial charge is 0.240 e. The third kappa shape index (κ3) is 5.95. The van der Waals surface area contributed by atoms with Gasteiger partial charge < -0.3 is 10.1 Å². The van der Waals surface area contributed by atoms with Crippen LogP contribution in [0.3, 0.4) is 0 Å². The van der Waals surface area contributed by atoms with Gasteiger partial charge in [0, 0.05) is 12.1 Å². The van der Waals surface area contributed by atoms with Gasteiger partial charge in [-0.1, -0.05) is 13.8 Å². The first-order valence-electron chi connectivity index (χ1n) is 7.87. The molecule has 0 amide bonds. The second kappa shape index (κ2) is 8.87. The van der Waals surface area contributed by atoms with Crippen LogP contribution in [-0.4, -0.2) is 33.7 Å². The number of sulfonamides is 1. The Morgan fingerprint density at radius 2 is 1.96 bits per heavy atom. The van der Waals surface area contributed by atoms with Gasteiger partial charge in [0.2, 0.25) is 10.0 Å². The van der Waals surface area contributed by atoms with Gasteiger partial charge in [-0.05, 0) is 56.5 Å². The second-order valence-electron chi connectivity index (χ2n) is 6.29. The zero-order chi connectivity index (χ0) is 16.2. The molecule has 0 saturated carbocycles. The number of halogens is 1. The number of hydrogen-bond donors (Lipinski definition) is 2. The Hall–Kier alpha value is -0.820. The molecule has 2 N–H and O–H groups in total. The summed E-state index contributed by atoms with van der Waals surface area (Å²) in [6.07, 6.45) is 1.85. The fraction of sp³-hybridized carbons (Fsp3) is 0.625. The van der Waals surface area contributed by atoms with Crippen molar-refractivity contribution in [3.63, 3.8) is 0 Å². The molecule has 1 heterocycles. The van der Waals surface area contributed by atoms with E-state index in [1.54, 1.807) is 24.3 Å². The molecule has 0 spiro atoms. The Balaban J connectivity index is 0.00000264. The number of rotatable bonds is 6. The van der Waals surface area contributed by atoms with E-state index in [2.05, 4.69) is 23.9 Å². The summed E-state index contributed by atoms with van der Waals surface area (Å²) < 4.78 is 33.3. The van der Waals surface area contributed by atoms with E-state index in [4.69, 9.17) is 4.74 Å². The van der Waals surface area contributed by atoms with E-state index >= 15 is 0 Å². The Kier molecular flexibility index (Phi) is 7.80. The molecule has 0 aliphatic carbocycles. The highest BCUT2D eigenvalue weighted by molar-refractivity contribution is 7.89. The summed E-state index contributed by atoms with van der Waals surface area (Å²) >= 11 is 0. The number of ether oxygens (including phenoxy) is 1. The summed E-state index contributed by atoms with van der Waals surface area (Å²) in [4.78, 5) is 0.280. The van der Waals surface area contributed by atoms with Gasteiger partial charge in [-0.2, -0.15) is 0 Å². The van der Waals surface area contributed by atoms with E-state index in [-0.39, 0.29) is 29.4 Å². The molecule has 0 radical (unpaired) electrons. The van der Waals surface area contributed by atoms with E-state index in [9.17, 15) is 8.42 Å². The summed E-state index contributed by atoms with van der Waals surface area (Å²) in [5, 5.41) is 3.30. The Bertz CT molecular complexity index is 575. The van der Waals surface area contributed by atoms with Gasteiger partial charge in [-0.15, -0.1) is 12.4 Å². The number of piperidine rings is 1. The zero-order valence-electron chi connectivity index (χ0n) is 13.9. The Labute approximate surface area is 145 Å². The van der Waals surface area contributed by atoms with Crippen LogP contribution in [-0.2, 0) is 10.0 Å². The van der Waals surface area contributed by atoms with Crippen molar-refractivity contribution in [2.24, 2.45) is 5.92 Å². The summed E-state index contributed by atoms with van der Waals surface area (Å²) in [6, 6.07) is 6.70. The maximum absolute atomic E-state index is 12.4. The van der Waals surface area contributed by atoms with Crippen molar-refractivity contribution in [1.82, 2.24) is 10.0 Å². The van der Waals surface area contributed by atoms with E-state index in [1.165, 1.54) is 0 Å². The van der Waals surface area contributed by atoms with Crippen LogP contribution in [0.4, 0.5) is 0 Å². The van der Waals surface area contributed by atoms with Crippen LogP contribution in [0.2, 0.25) is 0 Å². The van der Waals surface area contributed by atoms with Crippen LogP contribution >= 0.6 is 12.4 Å². The van der Waals surface area contributed by atoms with Crippen LogP contribution in [0.5, 0.6) is 5.75 Å². The van der Waals surface area contributed by atoms with Crippen molar-refractivity contribution >= 4 is 22.4 Å². The molecule has 132 valence electrons. The lowest BCUT2D eigenvalue weighted by molar-refractivity contribution is 0.271. The summed E-state index contributed by atoms with van der Waals surface area (Å²) in [6.45, 7) is 7.72. The minimum atomic E-state index is -3.49. The van der Waals surface area contributed by atoms with Crippen molar-refractivity contribution in [2.75, 3.05) is 13.2 Å².